The van der Waals surface area contributed by atoms with Gasteiger partial charge in [-0.1, -0.05) is 150 Å². The van der Waals surface area contributed by atoms with Gasteiger partial charge in [-0.2, -0.15) is 171 Å². The van der Waals surface area contributed by atoms with Crippen LogP contribution in [-0.2, 0) is 138 Å². The average Bonchev–Trinajstić information content (AvgIpc) is 0.724. The van der Waals surface area contributed by atoms with Crippen molar-refractivity contribution in [1.82, 2.24) is 34.9 Å². The third-order valence-electron chi connectivity index (χ3n) is 23.4. The maximum absolute atomic E-state index is 15.4. The number of alkyl halides is 6. The SMILES string of the molecule is CC(C)(C)c1cc[c-]c(-c2[c-]c(-c3cccc(C(C)(C)c4ccccn4)n3)cc(C(C)(C)C)c2)c1.Fc1c[c-]c(-c2[c-]c(-c3cccc(C[PH+](c4ccccc4)c4ccccc4)n3)c(F)c(C(F)(F)F)c2F)c(F)c1C(F)(F)F.N#Cc1cc[c-]c(-c2[c-]c(-c3cccc(Cc4ccccn4)n3)cc(C#N)c2)c1.[C-]#[N+]c1c(-c2cccc(CCc3ccccn3)n2)[c-]c(-c2[c-]cc(C#N)c(C#N)c2C#N)c(C#N)c1C#N.[Pt+2].[Pt+2].[Pt+2].[Pt+2]. The number of halogens is 10. The Balaban J connectivity index is 0.000000204. The predicted octanol–water partition coefficient (Wildman–Crippen LogP) is 27.1. The number of hydrogen-bond donors (Lipinski definition) is 0. The Morgan fingerprint density at radius 1 is 0.347 bits per heavy atom. The number of nitrogens with zero attached hydrogens (tertiary/aromatic N) is 15. The summed E-state index contributed by atoms with van der Waals surface area (Å²) >= 11 is 0. The molecule has 0 atom stereocenters. The van der Waals surface area contributed by atoms with Crippen molar-refractivity contribution >= 4 is 24.2 Å². The minimum atomic E-state index is -5.70. The van der Waals surface area contributed by atoms with Crippen molar-refractivity contribution in [2.45, 2.75) is 109 Å². The van der Waals surface area contributed by atoms with Crippen molar-refractivity contribution < 1.29 is 128 Å². The molecule has 17 rings (SSSR count). The van der Waals surface area contributed by atoms with E-state index in [0.29, 0.717) is 52.9 Å². The maximum atomic E-state index is 15.4. The van der Waals surface area contributed by atoms with Gasteiger partial charge in [0.1, 0.15) is 12.7 Å². The molecule has 0 aliphatic heterocycles. The van der Waals surface area contributed by atoms with Crippen LogP contribution in [0.5, 0.6) is 0 Å². The molecule has 0 spiro atoms. The Labute approximate surface area is 921 Å². The van der Waals surface area contributed by atoms with Crippen molar-refractivity contribution in [3.05, 3.63) is 464 Å². The molecule has 0 N–H and O–H groups in total. The van der Waals surface area contributed by atoms with Crippen LogP contribution in [0.1, 0.15) is 156 Å². The van der Waals surface area contributed by atoms with Crippen LogP contribution >= 0.6 is 7.92 Å². The fourth-order valence-electron chi connectivity index (χ4n) is 15.8. The van der Waals surface area contributed by atoms with E-state index in [1.807, 2.05) is 182 Å². The minimum absolute atomic E-state index is 0. The molecule has 748 valence electrons. The van der Waals surface area contributed by atoms with Gasteiger partial charge in [-0.25, -0.2) is 26.9 Å². The van der Waals surface area contributed by atoms with Crippen LogP contribution in [0.2, 0.25) is 0 Å². The zero-order valence-electron chi connectivity index (χ0n) is 80.6. The van der Waals surface area contributed by atoms with Gasteiger partial charge >= 0.3 is 96.6 Å². The van der Waals surface area contributed by atoms with Crippen LogP contribution in [0, 0.1) is 158 Å². The standard InChI is InChI=1S/C33H36N2.C32H16F10NP.C30H12N8.C25H14N4.4Pt/c1-31(2,3)26-14-11-13-23(20-26)24-19-25(22-27(21-24)32(4,5)6)28-15-12-17-30(35-28)33(7,8)29-16-9-10-18-34-29;33-24-15-14-21(28(34)26(24)31(37,38)39)22-16-23(30(36)27(29(22)35)32(40,41)42)25-13-7-8-18(43-25)17-44(19-9-3-1-4-10-19)20-11-5-2-6-12-20;1-36-30-24(29-7-4-6-21(38-29)10-9-20-5-2-3-12-37-20)13-23(27(17-34)28(30)18-35)22-11-8-19(14-31)25(15-32)26(22)16-33;26-16-18-5-3-6-20(11-18)21-12-19(17-27)13-22(14-21)25-9-4-8-24(29-25)15-23-7-1-2-10-28-23;;;;/h9-12,14-18,20-22H,1-8H3;1-13,15H,17H2;2-8,12H,9-10H2;1-5,7-13H,15H2;;;;/q4*-2;4*+2/p+1. The van der Waals surface area contributed by atoms with Gasteiger partial charge in [0.05, 0.1) is 77.0 Å². The second-order valence-electron chi connectivity index (χ2n) is 35.6. The van der Waals surface area contributed by atoms with Crippen LogP contribution in [0.15, 0.2) is 279 Å². The second-order valence-corrected chi connectivity index (χ2v) is 38.1. The van der Waals surface area contributed by atoms with E-state index in [1.54, 1.807) is 67.0 Å². The molecule has 30 heteroatoms. The summed E-state index contributed by atoms with van der Waals surface area (Å²) in [6.45, 7) is 25.6. The molecule has 0 radical (unpaired) electrons. The van der Waals surface area contributed by atoms with Crippen LogP contribution < -0.4 is 10.6 Å². The van der Waals surface area contributed by atoms with Gasteiger partial charge in [0, 0.05) is 117 Å². The molecule has 7 heterocycles. The summed E-state index contributed by atoms with van der Waals surface area (Å²) < 4.78 is 141. The summed E-state index contributed by atoms with van der Waals surface area (Å²) in [4.78, 5) is 35.6. The topological polar surface area (TPSA) is 261 Å². The Bertz CT molecular complexity index is 8100. The maximum Gasteiger partial charge on any atom is 2.00 e. The first-order valence-electron chi connectivity index (χ1n) is 45.1. The van der Waals surface area contributed by atoms with Crippen molar-refractivity contribution in [1.29, 1.82) is 36.8 Å². The predicted molar refractivity (Wildman–Crippen MR) is 537 cm³/mol. The molecule has 0 unspecified atom stereocenters. The zero-order chi connectivity index (χ0) is 104. The molecule has 10 aromatic carbocycles. The van der Waals surface area contributed by atoms with Crippen LogP contribution in [0.25, 0.3) is 94.4 Å². The first kappa shape index (κ1) is 117. The Kier molecular flexibility index (Phi) is 40.0. The van der Waals surface area contributed by atoms with E-state index >= 15 is 8.78 Å². The monoisotopic (exact) mass is 2730 g/mol. The van der Waals surface area contributed by atoms with E-state index in [2.05, 4.69) is 182 Å². The third-order valence-corrected chi connectivity index (χ3v) is 26.2. The van der Waals surface area contributed by atoms with E-state index in [9.17, 15) is 66.7 Å². The molecule has 150 heavy (non-hydrogen) atoms. The van der Waals surface area contributed by atoms with Gasteiger partial charge in [0.2, 0.25) is 0 Å². The molecule has 0 bridgehead atoms. The summed E-state index contributed by atoms with van der Waals surface area (Å²) in [5, 5.41) is 69.2. The van der Waals surface area contributed by atoms with Gasteiger partial charge in [-0.05, 0) is 161 Å². The average molecular weight is 2730 g/mol. The van der Waals surface area contributed by atoms with Crippen molar-refractivity contribution in [3.8, 4) is 132 Å². The fraction of sp³-hybridized carbons (Fsp3) is 0.142. The number of nitriles is 7. The molecule has 0 aliphatic rings. The molecule has 7 aromatic heterocycles. The Morgan fingerprint density at radius 3 is 1.36 bits per heavy atom. The van der Waals surface area contributed by atoms with Gasteiger partial charge in [-0.3, -0.25) is 52.4 Å². The van der Waals surface area contributed by atoms with Gasteiger partial charge in [0.15, 0.2) is 0 Å². The van der Waals surface area contributed by atoms with E-state index in [-0.39, 0.29) is 163 Å². The quantitative estimate of drug-likeness (QED) is 0.0414. The number of hydrogen-bond acceptors (Lipinski definition) is 14. The number of pyridine rings is 7. The Morgan fingerprint density at radius 2 is 0.793 bits per heavy atom. The van der Waals surface area contributed by atoms with E-state index in [1.165, 1.54) is 23.3 Å². The van der Waals surface area contributed by atoms with Gasteiger partial charge in [0.25, 0.3) is 5.69 Å². The normalized spacial score (nSPS) is 10.9. The summed E-state index contributed by atoms with van der Waals surface area (Å²) in [6, 6.07) is 115. The molecule has 15 nitrogen and oxygen atoms in total. The van der Waals surface area contributed by atoms with Crippen LogP contribution in [0.4, 0.5) is 49.6 Å². The van der Waals surface area contributed by atoms with E-state index in [4.69, 9.17) is 21.8 Å². The minimum Gasteiger partial charge on any atom is -0.291 e. The summed E-state index contributed by atoms with van der Waals surface area (Å²) in [5.41, 5.74) is 6.11. The third kappa shape index (κ3) is 27.8. The molecule has 17 aromatic rings. The van der Waals surface area contributed by atoms with Crippen LogP contribution in [0.3, 0.4) is 0 Å². The molecule has 0 saturated heterocycles. The second kappa shape index (κ2) is 51.5. The van der Waals surface area contributed by atoms with Gasteiger partial charge < -0.3 is 0 Å². The summed E-state index contributed by atoms with van der Waals surface area (Å²) in [6.07, 6.45) is -3.90. The number of aryl methyl sites for hydroxylation is 2. The number of aromatic nitrogens is 7. The first-order chi connectivity index (χ1) is 70.0. The van der Waals surface area contributed by atoms with Crippen molar-refractivity contribution in [3.63, 3.8) is 0 Å². The molecule has 0 aliphatic carbocycles. The smallest absolute Gasteiger partial charge is 0.291 e. The molecule has 0 saturated carbocycles. The molecule has 0 fully saturated rings. The van der Waals surface area contributed by atoms with Crippen LogP contribution in [-0.4, -0.2) is 34.9 Å². The Hall–Kier alpha value is -15.3. The molecular weight excluding hydrogens is 2650 g/mol. The fourth-order valence-corrected chi connectivity index (χ4v) is 18.3. The first-order valence-corrected chi connectivity index (χ1v) is 46.8. The van der Waals surface area contributed by atoms with Crippen molar-refractivity contribution in [2.24, 2.45) is 0 Å². The van der Waals surface area contributed by atoms with Gasteiger partial charge in [-0.15, -0.1) is 58.7 Å². The van der Waals surface area contributed by atoms with E-state index < -0.39 is 77.1 Å². The number of rotatable bonds is 19. The molecular formula is C120H79F10N15PPt4+. The largest absolute Gasteiger partial charge is 2.00 e. The summed E-state index contributed by atoms with van der Waals surface area (Å²) in [7, 11) is -1.58. The van der Waals surface area contributed by atoms with Crippen molar-refractivity contribution in [2.75, 3.05) is 0 Å². The summed E-state index contributed by atoms with van der Waals surface area (Å²) in [5.74, 6) is -9.15. The number of benzene rings is 10. The molecule has 0 amide bonds. The zero-order valence-corrected chi connectivity index (χ0v) is 90.7. The van der Waals surface area contributed by atoms with E-state index in [0.717, 1.165) is 84.5 Å².